The first kappa shape index (κ1) is 27.6. The fraction of sp³-hybridized carbons (Fsp3) is 0.407. The molecule has 1 aromatic heterocycles. The summed E-state index contributed by atoms with van der Waals surface area (Å²) in [6.07, 6.45) is 1.38. The van der Waals surface area contributed by atoms with Gasteiger partial charge in [-0.3, -0.25) is 15.0 Å². The van der Waals surface area contributed by atoms with Crippen LogP contribution in [0.1, 0.15) is 37.4 Å². The largest absolute Gasteiger partial charge is 0.497 e. The molecule has 1 atom stereocenters. The Morgan fingerprint density at radius 3 is 2.68 bits per heavy atom. The van der Waals surface area contributed by atoms with Gasteiger partial charge in [0.05, 0.1) is 23.1 Å². The molecule has 10 heteroatoms. The summed E-state index contributed by atoms with van der Waals surface area (Å²) in [6.45, 7) is 2.13. The monoisotopic (exact) mass is 549 g/mol. The van der Waals surface area contributed by atoms with Gasteiger partial charge in [0.15, 0.2) is 0 Å². The lowest BCUT2D eigenvalue weighted by atomic mass is 9.73. The average molecular weight is 550 g/mol. The Kier molecular flexibility index (Phi) is 9.23. The topological polar surface area (TPSA) is 74.7 Å². The molecule has 6 nitrogen and oxygen atoms in total. The Morgan fingerprint density at radius 2 is 2.00 bits per heavy atom. The van der Waals surface area contributed by atoms with Crippen molar-refractivity contribution in [3.05, 3.63) is 65.1 Å². The number of nitrogens with one attached hydrogen (secondary N) is 1. The maximum absolute atomic E-state index is 15.7. The molecule has 2 N–H and O–H groups in total. The number of methoxy groups -OCH3 is 1. The van der Waals surface area contributed by atoms with Crippen LogP contribution in [-0.2, 0) is 4.79 Å². The molecule has 0 bridgehead atoms. The van der Waals surface area contributed by atoms with Crippen LogP contribution in [0.2, 0.25) is 5.02 Å². The molecule has 1 amide bonds. The van der Waals surface area contributed by atoms with Crippen molar-refractivity contribution >= 4 is 40.2 Å². The summed E-state index contributed by atoms with van der Waals surface area (Å²) >= 11 is 8.02. The zero-order chi connectivity index (χ0) is 26.4. The SMILES string of the molecule is COc1ccc2ncc(Cl)c(C(F)CCC3(C(=O)NO)CCN(CCSc4ccc(F)cc4)CC3)c2c1. The van der Waals surface area contributed by atoms with Gasteiger partial charge in [0.25, 0.3) is 0 Å². The maximum atomic E-state index is 15.7. The molecule has 0 radical (unpaired) electrons. The number of carbonyl (C=O) groups excluding carboxylic acids is 1. The number of likely N-dealkylation sites (tertiary alicyclic amines) is 1. The second kappa shape index (κ2) is 12.4. The van der Waals surface area contributed by atoms with E-state index >= 15 is 4.39 Å². The molecular weight excluding hydrogens is 520 g/mol. The van der Waals surface area contributed by atoms with Crippen molar-refractivity contribution in [3.63, 3.8) is 0 Å². The van der Waals surface area contributed by atoms with E-state index in [2.05, 4.69) is 9.88 Å². The zero-order valence-corrected chi connectivity index (χ0v) is 22.1. The number of halogens is 3. The Labute approximate surface area is 224 Å². The number of fused-ring (bicyclic) bond motifs is 1. The van der Waals surface area contributed by atoms with Crippen LogP contribution in [-0.4, -0.2) is 53.5 Å². The summed E-state index contributed by atoms with van der Waals surface area (Å²) in [5.74, 6) is 0.668. The summed E-state index contributed by atoms with van der Waals surface area (Å²) in [6, 6.07) is 11.6. The highest BCUT2D eigenvalue weighted by molar-refractivity contribution is 7.99. The Balaban J connectivity index is 1.39. The number of ether oxygens (including phenoxy) is 1. The van der Waals surface area contributed by atoms with Gasteiger partial charge in [-0.25, -0.2) is 14.3 Å². The minimum atomic E-state index is -1.42. The van der Waals surface area contributed by atoms with Crippen molar-refractivity contribution < 1.29 is 23.5 Å². The molecule has 2 heterocycles. The molecular formula is C27H30ClF2N3O3S. The van der Waals surface area contributed by atoms with E-state index < -0.39 is 17.5 Å². The van der Waals surface area contributed by atoms with Crippen molar-refractivity contribution in [2.24, 2.45) is 5.41 Å². The van der Waals surface area contributed by atoms with Crippen molar-refractivity contribution in [1.82, 2.24) is 15.4 Å². The van der Waals surface area contributed by atoms with Gasteiger partial charge in [0.1, 0.15) is 17.7 Å². The Hall–Kier alpha value is -2.46. The van der Waals surface area contributed by atoms with Crippen LogP contribution in [0.3, 0.4) is 0 Å². The van der Waals surface area contributed by atoms with E-state index in [1.807, 2.05) is 5.48 Å². The summed E-state index contributed by atoms with van der Waals surface area (Å²) in [4.78, 5) is 20.3. The summed E-state index contributed by atoms with van der Waals surface area (Å²) in [5.41, 5.74) is 1.89. The lowest BCUT2D eigenvalue weighted by Gasteiger charge is -2.40. The van der Waals surface area contributed by atoms with Gasteiger partial charge >= 0.3 is 0 Å². The van der Waals surface area contributed by atoms with E-state index in [1.165, 1.54) is 25.4 Å². The van der Waals surface area contributed by atoms with E-state index in [-0.39, 0.29) is 23.7 Å². The fourth-order valence-electron chi connectivity index (χ4n) is 4.90. The van der Waals surface area contributed by atoms with Crippen LogP contribution in [0.5, 0.6) is 5.75 Å². The van der Waals surface area contributed by atoms with Gasteiger partial charge in [-0.1, -0.05) is 11.6 Å². The maximum Gasteiger partial charge on any atom is 0.249 e. The summed E-state index contributed by atoms with van der Waals surface area (Å²) in [7, 11) is 1.54. The molecule has 3 aromatic rings. The first-order valence-electron chi connectivity index (χ1n) is 12.2. The van der Waals surface area contributed by atoms with Gasteiger partial charge in [-0.15, -0.1) is 11.8 Å². The molecule has 0 aliphatic carbocycles. The van der Waals surface area contributed by atoms with Crippen molar-refractivity contribution in [1.29, 1.82) is 0 Å². The zero-order valence-electron chi connectivity index (χ0n) is 20.6. The highest BCUT2D eigenvalue weighted by Crippen LogP contribution is 2.42. The number of hydrogen-bond acceptors (Lipinski definition) is 6. The minimum absolute atomic E-state index is 0.0733. The second-order valence-corrected chi connectivity index (χ2v) is 10.8. The standard InChI is InChI=1S/C27H30ClF2N3O3S/c1-36-19-4-7-24-21(16-19)25(22(28)17-31-24)23(30)8-9-27(26(34)32-35)10-12-33(13-11-27)14-15-37-20-5-2-18(29)3-6-20/h2-7,16-17,23,35H,8-15H2,1H3,(H,32,34). The van der Waals surface area contributed by atoms with E-state index in [0.717, 1.165) is 17.2 Å². The first-order valence-corrected chi connectivity index (χ1v) is 13.5. The number of hydroxylamine groups is 1. The van der Waals surface area contributed by atoms with Gasteiger partial charge in [-0.05, 0) is 81.2 Å². The number of thioether (sulfide) groups is 1. The molecule has 37 heavy (non-hydrogen) atoms. The molecule has 1 fully saturated rings. The predicted molar refractivity (Wildman–Crippen MR) is 142 cm³/mol. The lowest BCUT2D eigenvalue weighted by molar-refractivity contribution is -0.143. The van der Waals surface area contributed by atoms with E-state index in [4.69, 9.17) is 16.3 Å². The van der Waals surface area contributed by atoms with Crippen molar-refractivity contribution in [3.8, 4) is 5.75 Å². The number of amides is 1. The number of alkyl halides is 1. The summed E-state index contributed by atoms with van der Waals surface area (Å²) in [5, 5.41) is 10.3. The molecule has 1 saturated heterocycles. The quantitative estimate of drug-likeness (QED) is 0.178. The van der Waals surface area contributed by atoms with Crippen LogP contribution in [0, 0.1) is 11.2 Å². The van der Waals surface area contributed by atoms with Crippen LogP contribution < -0.4 is 10.2 Å². The predicted octanol–water partition coefficient (Wildman–Crippen LogP) is 6.21. The molecule has 1 unspecified atom stereocenters. The first-order chi connectivity index (χ1) is 17.8. The lowest BCUT2D eigenvalue weighted by Crippen LogP contribution is -2.48. The summed E-state index contributed by atoms with van der Waals surface area (Å²) < 4.78 is 34.1. The molecule has 1 aliphatic rings. The van der Waals surface area contributed by atoms with Crippen LogP contribution in [0.25, 0.3) is 10.9 Å². The second-order valence-electron chi connectivity index (χ2n) is 9.27. The normalized spacial score (nSPS) is 16.5. The highest BCUT2D eigenvalue weighted by Gasteiger charge is 2.41. The molecule has 1 aliphatic heterocycles. The number of nitrogens with zero attached hydrogens (tertiary/aromatic N) is 2. The number of hydrogen-bond donors (Lipinski definition) is 2. The molecule has 4 rings (SSSR count). The minimum Gasteiger partial charge on any atom is -0.497 e. The van der Waals surface area contributed by atoms with Crippen molar-refractivity contribution in [2.45, 2.75) is 36.8 Å². The third-order valence-electron chi connectivity index (χ3n) is 7.14. The molecule has 0 spiro atoms. The average Bonchev–Trinajstić information content (AvgIpc) is 2.92. The molecule has 2 aromatic carbocycles. The Morgan fingerprint density at radius 1 is 1.27 bits per heavy atom. The number of carbonyl (C=O) groups is 1. The van der Waals surface area contributed by atoms with Gasteiger partial charge < -0.3 is 9.64 Å². The van der Waals surface area contributed by atoms with Gasteiger partial charge in [0, 0.05) is 34.3 Å². The number of aromatic nitrogens is 1. The third-order valence-corrected chi connectivity index (χ3v) is 8.44. The van der Waals surface area contributed by atoms with Crippen LogP contribution in [0.4, 0.5) is 8.78 Å². The fourth-order valence-corrected chi connectivity index (χ4v) is 6.08. The van der Waals surface area contributed by atoms with Gasteiger partial charge in [-0.2, -0.15) is 0 Å². The number of rotatable bonds is 10. The molecule has 198 valence electrons. The van der Waals surface area contributed by atoms with E-state index in [9.17, 15) is 14.4 Å². The number of piperidine rings is 1. The van der Waals surface area contributed by atoms with E-state index in [1.54, 1.807) is 42.1 Å². The number of benzene rings is 2. The van der Waals surface area contributed by atoms with E-state index in [0.29, 0.717) is 48.1 Å². The van der Waals surface area contributed by atoms with Crippen LogP contribution >= 0.6 is 23.4 Å². The smallest absolute Gasteiger partial charge is 0.249 e. The highest BCUT2D eigenvalue weighted by atomic mass is 35.5. The van der Waals surface area contributed by atoms with Crippen molar-refractivity contribution in [2.75, 3.05) is 32.5 Å². The number of pyridine rings is 1. The Bertz CT molecular complexity index is 1220. The van der Waals surface area contributed by atoms with Crippen LogP contribution in [0.15, 0.2) is 53.6 Å². The molecule has 0 saturated carbocycles. The van der Waals surface area contributed by atoms with Gasteiger partial charge in [0.2, 0.25) is 5.91 Å². The third kappa shape index (κ3) is 6.52.